The van der Waals surface area contributed by atoms with Crippen LogP contribution in [0.5, 0.6) is 5.75 Å². The van der Waals surface area contributed by atoms with E-state index in [2.05, 4.69) is 15.3 Å². The number of nitrogens with one attached hydrogen (secondary N) is 1. The van der Waals surface area contributed by atoms with Gasteiger partial charge >= 0.3 is 0 Å². The Hall–Kier alpha value is -4.59. The van der Waals surface area contributed by atoms with Gasteiger partial charge in [-0.05, 0) is 49.4 Å². The smallest absolute Gasteiger partial charge is 0.279 e. The van der Waals surface area contributed by atoms with Crippen molar-refractivity contribution in [1.82, 2.24) is 9.97 Å². The molecule has 0 aliphatic rings. The lowest BCUT2D eigenvalue weighted by molar-refractivity contribution is -0.117. The van der Waals surface area contributed by atoms with Crippen molar-refractivity contribution >= 4 is 23.2 Å². The zero-order valence-electron chi connectivity index (χ0n) is 19.0. The van der Waals surface area contributed by atoms with E-state index in [1.54, 1.807) is 48.5 Å². The lowest BCUT2D eigenvalue weighted by Crippen LogP contribution is -2.42. The fourth-order valence-electron chi connectivity index (χ4n) is 3.64. The molecule has 1 heterocycles. The molecular weight excluding hydrogens is 447 g/mol. The molecule has 176 valence electrons. The molecule has 0 unspecified atom stereocenters. The minimum Gasteiger partial charge on any atom is -0.493 e. The molecule has 35 heavy (non-hydrogen) atoms. The van der Waals surface area contributed by atoms with E-state index in [0.717, 1.165) is 0 Å². The van der Waals surface area contributed by atoms with E-state index in [-0.39, 0.29) is 5.69 Å². The molecule has 0 saturated heterocycles. The van der Waals surface area contributed by atoms with E-state index in [9.17, 15) is 14.0 Å². The van der Waals surface area contributed by atoms with Crippen molar-refractivity contribution < 1.29 is 18.7 Å². The van der Waals surface area contributed by atoms with Crippen molar-refractivity contribution in [3.63, 3.8) is 0 Å². The first-order chi connectivity index (χ1) is 17.1. The lowest BCUT2D eigenvalue weighted by Gasteiger charge is -2.32. The highest BCUT2D eigenvalue weighted by molar-refractivity contribution is 6.11. The quantitative estimate of drug-likeness (QED) is 0.390. The van der Waals surface area contributed by atoms with Crippen molar-refractivity contribution in [3.8, 4) is 5.75 Å². The Morgan fingerprint density at radius 1 is 0.971 bits per heavy atom. The van der Waals surface area contributed by atoms with Gasteiger partial charge in [0.2, 0.25) is 0 Å². The Labute approximate surface area is 202 Å². The highest BCUT2D eigenvalue weighted by atomic mass is 19.1. The number of carbonyl (C=O) groups excluding carboxylic acids is 2. The maximum atomic E-state index is 13.8. The summed E-state index contributed by atoms with van der Waals surface area (Å²) in [5.41, 5.74) is 1.42. The van der Waals surface area contributed by atoms with Crippen molar-refractivity contribution in [1.29, 1.82) is 0 Å². The number of anilines is 2. The van der Waals surface area contributed by atoms with E-state index in [1.165, 1.54) is 47.8 Å². The van der Waals surface area contributed by atoms with Crippen LogP contribution in [0.3, 0.4) is 0 Å². The van der Waals surface area contributed by atoms with Gasteiger partial charge in [-0.2, -0.15) is 0 Å². The van der Waals surface area contributed by atoms with Gasteiger partial charge in [-0.25, -0.2) is 9.37 Å². The van der Waals surface area contributed by atoms with Crippen molar-refractivity contribution in [3.05, 3.63) is 115 Å². The maximum absolute atomic E-state index is 13.8. The highest BCUT2D eigenvalue weighted by Gasteiger charge is 2.36. The van der Waals surface area contributed by atoms with Crippen LogP contribution in [0.1, 0.15) is 29.0 Å². The fraction of sp³-hybridized carbons (Fsp3) is 0.111. The Morgan fingerprint density at radius 2 is 1.69 bits per heavy atom. The summed E-state index contributed by atoms with van der Waals surface area (Å²) < 4.78 is 19.2. The predicted octanol–water partition coefficient (Wildman–Crippen LogP) is 5.04. The first-order valence-electron chi connectivity index (χ1n) is 11.0. The molecule has 1 atom stereocenters. The maximum Gasteiger partial charge on any atom is 0.279 e. The average molecular weight is 471 g/mol. The zero-order chi connectivity index (χ0) is 24.6. The molecule has 0 bridgehead atoms. The number of benzene rings is 3. The molecule has 0 fully saturated rings. The van der Waals surface area contributed by atoms with Gasteiger partial charge in [0.05, 0.1) is 12.8 Å². The summed E-state index contributed by atoms with van der Waals surface area (Å²) in [5.74, 6) is -0.994. The van der Waals surface area contributed by atoms with Gasteiger partial charge in [-0.1, -0.05) is 36.4 Å². The minimum atomic E-state index is -1.14. The summed E-state index contributed by atoms with van der Waals surface area (Å²) in [6, 6.07) is 20.1. The first kappa shape index (κ1) is 23.6. The van der Waals surface area contributed by atoms with Crippen molar-refractivity contribution in [2.45, 2.75) is 13.0 Å². The van der Waals surface area contributed by atoms with Crippen LogP contribution in [0.25, 0.3) is 0 Å². The van der Waals surface area contributed by atoms with E-state index in [0.29, 0.717) is 29.3 Å². The van der Waals surface area contributed by atoms with Gasteiger partial charge < -0.3 is 10.1 Å². The van der Waals surface area contributed by atoms with Crippen LogP contribution in [-0.4, -0.2) is 28.4 Å². The normalized spacial score (nSPS) is 11.4. The van der Waals surface area contributed by atoms with Crippen LogP contribution in [0.15, 0.2) is 97.5 Å². The summed E-state index contributed by atoms with van der Waals surface area (Å²) in [6.07, 6.45) is 4.23. The molecule has 0 radical (unpaired) electrons. The fourth-order valence-corrected chi connectivity index (χ4v) is 3.64. The second kappa shape index (κ2) is 11.0. The number of amides is 2. The average Bonchev–Trinajstić information content (AvgIpc) is 2.90. The van der Waals surface area contributed by atoms with Crippen molar-refractivity contribution in [2.75, 3.05) is 16.8 Å². The molecule has 4 rings (SSSR count). The number of rotatable bonds is 8. The number of hydrogen-bond donors (Lipinski definition) is 1. The summed E-state index contributed by atoms with van der Waals surface area (Å²) in [7, 11) is 0. The highest BCUT2D eigenvalue weighted by Crippen LogP contribution is 2.35. The van der Waals surface area contributed by atoms with Gasteiger partial charge in [0, 0.05) is 29.3 Å². The number of para-hydroxylation sites is 2. The second-order valence-electron chi connectivity index (χ2n) is 7.47. The molecule has 0 saturated carbocycles. The molecule has 0 aliphatic heterocycles. The molecule has 3 aromatic carbocycles. The number of aromatic nitrogens is 2. The molecular formula is C27H23FN4O3. The van der Waals surface area contributed by atoms with Crippen LogP contribution in [-0.2, 0) is 4.79 Å². The molecule has 0 aliphatic carbocycles. The molecule has 2 amide bonds. The van der Waals surface area contributed by atoms with E-state index in [1.807, 2.05) is 13.0 Å². The molecule has 8 heteroatoms. The summed E-state index contributed by atoms with van der Waals surface area (Å²) in [5, 5.41) is 2.80. The Kier molecular flexibility index (Phi) is 7.42. The summed E-state index contributed by atoms with van der Waals surface area (Å²) in [4.78, 5) is 37.1. The van der Waals surface area contributed by atoms with Gasteiger partial charge in [0.15, 0.2) is 0 Å². The number of halogens is 1. The first-order valence-corrected chi connectivity index (χ1v) is 11.0. The van der Waals surface area contributed by atoms with E-state index in [4.69, 9.17) is 4.74 Å². The number of hydrogen-bond acceptors (Lipinski definition) is 5. The largest absolute Gasteiger partial charge is 0.493 e. The third-order valence-electron chi connectivity index (χ3n) is 5.17. The van der Waals surface area contributed by atoms with Gasteiger partial charge in [-0.3, -0.25) is 19.5 Å². The molecule has 1 N–H and O–H groups in total. The SMILES string of the molecule is CCOc1ccccc1[C@H](C(=O)Nc1ccc(F)cc1)N(C(=O)c1cnccn1)c1ccccc1. The third-order valence-corrected chi connectivity index (χ3v) is 5.17. The van der Waals surface area contributed by atoms with Crippen LogP contribution in [0.4, 0.5) is 15.8 Å². The lowest BCUT2D eigenvalue weighted by atomic mass is 10.0. The zero-order valence-corrected chi connectivity index (χ0v) is 19.0. The topological polar surface area (TPSA) is 84.4 Å². The van der Waals surface area contributed by atoms with Crippen LogP contribution in [0.2, 0.25) is 0 Å². The van der Waals surface area contributed by atoms with E-state index >= 15 is 0 Å². The van der Waals surface area contributed by atoms with Crippen molar-refractivity contribution in [2.24, 2.45) is 0 Å². The summed E-state index contributed by atoms with van der Waals surface area (Å²) in [6.45, 7) is 2.21. The summed E-state index contributed by atoms with van der Waals surface area (Å²) >= 11 is 0. The standard InChI is InChI=1S/C27H23FN4O3/c1-2-35-24-11-7-6-10-22(24)25(26(33)31-20-14-12-19(28)13-15-20)32(21-8-4-3-5-9-21)27(34)23-18-29-16-17-30-23/h3-18,25H,2H2,1H3,(H,31,33)/t25-/m1/s1. The van der Waals surface area contributed by atoms with Gasteiger partial charge in [0.1, 0.15) is 23.3 Å². The number of carbonyl (C=O) groups is 2. The minimum absolute atomic E-state index is 0.0739. The van der Waals surface area contributed by atoms with Crippen LogP contribution < -0.4 is 15.0 Å². The molecule has 1 aromatic heterocycles. The molecule has 7 nitrogen and oxygen atoms in total. The Bertz CT molecular complexity index is 1280. The monoisotopic (exact) mass is 470 g/mol. The number of nitrogens with zero attached hydrogens (tertiary/aromatic N) is 3. The Balaban J connectivity index is 1.87. The van der Waals surface area contributed by atoms with E-state index < -0.39 is 23.7 Å². The van der Waals surface area contributed by atoms with Gasteiger partial charge in [-0.15, -0.1) is 0 Å². The van der Waals surface area contributed by atoms with Crippen LogP contribution in [0, 0.1) is 5.82 Å². The molecule has 4 aromatic rings. The third kappa shape index (κ3) is 5.50. The predicted molar refractivity (Wildman–Crippen MR) is 131 cm³/mol. The molecule has 0 spiro atoms. The number of ether oxygens (including phenoxy) is 1. The van der Waals surface area contributed by atoms with Gasteiger partial charge in [0.25, 0.3) is 11.8 Å². The van der Waals surface area contributed by atoms with Crippen LogP contribution >= 0.6 is 0 Å². The Morgan fingerprint density at radius 3 is 2.37 bits per heavy atom. The second-order valence-corrected chi connectivity index (χ2v) is 7.47.